The lowest BCUT2D eigenvalue weighted by molar-refractivity contribution is -0.117. The Kier molecular flexibility index (Phi) is 13.5. The Morgan fingerprint density at radius 2 is 1.78 bits per heavy atom. The van der Waals surface area contributed by atoms with E-state index in [1.807, 2.05) is 19.9 Å². The van der Waals surface area contributed by atoms with Crippen LogP contribution in [0.2, 0.25) is 0 Å². The minimum Gasteiger partial charge on any atom is -0.510 e. The van der Waals surface area contributed by atoms with Crippen LogP contribution in [0, 0.1) is 0 Å². The number of carbonyl (C=O) groups is 1. The molecule has 0 heterocycles. The Morgan fingerprint density at radius 1 is 1.19 bits per heavy atom. The van der Waals surface area contributed by atoms with Crippen molar-refractivity contribution in [3.63, 3.8) is 0 Å². The van der Waals surface area contributed by atoms with Gasteiger partial charge >= 0.3 is 0 Å². The molecule has 0 bridgehead atoms. The molecule has 32 heavy (non-hydrogen) atoms. The summed E-state index contributed by atoms with van der Waals surface area (Å²) in [7, 11) is 1.79. The zero-order valence-electron chi connectivity index (χ0n) is 20.5. The van der Waals surface area contributed by atoms with Gasteiger partial charge in [-0.1, -0.05) is 31.2 Å². The summed E-state index contributed by atoms with van der Waals surface area (Å²) in [4.78, 5) is 13.0. The van der Waals surface area contributed by atoms with Crippen molar-refractivity contribution in [1.82, 2.24) is 21.1 Å². The summed E-state index contributed by atoms with van der Waals surface area (Å²) in [5, 5.41) is 18.0. The van der Waals surface area contributed by atoms with Gasteiger partial charge in [0.1, 0.15) is 5.76 Å². The molecule has 4 N–H and O–H groups in total. The lowest BCUT2D eigenvalue weighted by Crippen LogP contribution is -2.51. The molecule has 0 rings (SSSR count). The van der Waals surface area contributed by atoms with Crippen LogP contribution in [0.3, 0.4) is 0 Å². The van der Waals surface area contributed by atoms with Crippen molar-refractivity contribution in [1.29, 1.82) is 0 Å². The number of aliphatic hydroxyl groups excluding tert-OH is 1. The molecule has 0 fully saturated rings. The van der Waals surface area contributed by atoms with Crippen molar-refractivity contribution in [2.75, 3.05) is 20.4 Å². The highest BCUT2D eigenvalue weighted by Gasteiger charge is 2.32. The van der Waals surface area contributed by atoms with Crippen LogP contribution in [0.4, 0.5) is 8.78 Å². The van der Waals surface area contributed by atoms with E-state index < -0.39 is 18.2 Å². The molecule has 0 unspecified atom stereocenters. The number of hydrazine groups is 1. The lowest BCUT2D eigenvalue weighted by atomic mass is 9.93. The molecule has 0 saturated carbocycles. The average Bonchev–Trinajstić information content (AvgIpc) is 2.71. The van der Waals surface area contributed by atoms with Gasteiger partial charge in [0.2, 0.25) is 0 Å². The molecule has 0 atom stereocenters. The van der Waals surface area contributed by atoms with E-state index in [0.29, 0.717) is 30.7 Å². The number of nitrogens with one attached hydrogen (secondary N) is 3. The summed E-state index contributed by atoms with van der Waals surface area (Å²) in [5.74, 6) is -0.828. The molecule has 0 aliphatic rings. The summed E-state index contributed by atoms with van der Waals surface area (Å²) in [6.07, 6.45) is 6.12. The highest BCUT2D eigenvalue weighted by molar-refractivity contribution is 5.95. The van der Waals surface area contributed by atoms with Crippen molar-refractivity contribution in [2.24, 2.45) is 0 Å². The van der Waals surface area contributed by atoms with Gasteiger partial charge in [0, 0.05) is 26.2 Å². The van der Waals surface area contributed by atoms with Crippen LogP contribution in [0.1, 0.15) is 60.8 Å². The van der Waals surface area contributed by atoms with E-state index in [0.717, 1.165) is 5.57 Å². The fourth-order valence-corrected chi connectivity index (χ4v) is 2.82. The molecule has 0 aromatic heterocycles. The van der Waals surface area contributed by atoms with Crippen LogP contribution >= 0.6 is 0 Å². The largest absolute Gasteiger partial charge is 0.510 e. The zero-order chi connectivity index (χ0) is 24.9. The number of rotatable bonds is 14. The normalized spacial score (nSPS) is 14.4. The number of alkyl halides is 1. The first-order chi connectivity index (χ1) is 14.9. The third-order valence-electron chi connectivity index (χ3n) is 4.98. The highest BCUT2D eigenvalue weighted by Crippen LogP contribution is 2.26. The predicted octanol–water partition coefficient (Wildman–Crippen LogP) is 5.07. The van der Waals surface area contributed by atoms with E-state index in [2.05, 4.69) is 22.6 Å². The Bertz CT molecular complexity index is 764. The average molecular weight is 455 g/mol. The molecule has 0 saturated heterocycles. The number of unbranched alkanes of at least 4 members (excludes halogenated alkanes) is 1. The van der Waals surface area contributed by atoms with Crippen LogP contribution in [0.25, 0.3) is 0 Å². The smallest absolute Gasteiger partial charge is 0.254 e. The quantitative estimate of drug-likeness (QED) is 0.0561. The number of likely N-dealkylation sites (N-methyl/N-ethyl adjacent to an activating group) is 1. The number of carbonyl (C=O) groups excluding carboxylic acids is 1. The van der Waals surface area contributed by atoms with Gasteiger partial charge < -0.3 is 15.7 Å². The molecule has 0 aliphatic carbocycles. The van der Waals surface area contributed by atoms with Crippen molar-refractivity contribution >= 4 is 5.91 Å². The topological polar surface area (TPSA) is 76.6 Å². The molecule has 182 valence electrons. The van der Waals surface area contributed by atoms with Gasteiger partial charge in [0.25, 0.3) is 5.91 Å². The monoisotopic (exact) mass is 454 g/mol. The molecule has 0 aromatic carbocycles. The van der Waals surface area contributed by atoms with Crippen molar-refractivity contribution < 1.29 is 18.7 Å². The maximum absolute atomic E-state index is 13.0. The molecular weight excluding hydrogens is 414 g/mol. The first kappa shape index (κ1) is 29.5. The summed E-state index contributed by atoms with van der Waals surface area (Å²) < 4.78 is 25.6. The number of hydrogen-bond acceptors (Lipinski definition) is 5. The zero-order valence-corrected chi connectivity index (χ0v) is 20.5. The van der Waals surface area contributed by atoms with Crippen molar-refractivity contribution in [3.05, 3.63) is 58.9 Å². The van der Waals surface area contributed by atoms with Crippen LogP contribution in [-0.2, 0) is 4.79 Å². The van der Waals surface area contributed by atoms with E-state index in [4.69, 9.17) is 0 Å². The summed E-state index contributed by atoms with van der Waals surface area (Å²) in [6.45, 7) is 14.1. The van der Waals surface area contributed by atoms with Gasteiger partial charge in [-0.15, -0.1) is 0 Å². The third kappa shape index (κ3) is 10.2. The molecule has 0 aromatic rings. The lowest BCUT2D eigenvalue weighted by Gasteiger charge is -2.36. The number of aliphatic hydroxyl groups is 1. The van der Waals surface area contributed by atoms with Gasteiger partial charge in [-0.05, 0) is 53.0 Å². The molecule has 1 amide bonds. The van der Waals surface area contributed by atoms with Gasteiger partial charge in [0.05, 0.1) is 22.6 Å². The standard InChI is InChI=1S/C24H40F2N4O2/c1-9-29-30(8)24(6,7)22(31)20(14-18(4)12-10-11-13-19(5)26)23(32)27-15-21(17(2)3)28-16-25/h12-13,15,28-29,31H,2,9-11,14,16H2,1,3-8H3,(H,27,32)/b18-12+,19-13+,21-15+,22-20-. The van der Waals surface area contributed by atoms with Crippen LogP contribution in [0.5, 0.6) is 0 Å². The Labute approximate surface area is 191 Å². The van der Waals surface area contributed by atoms with Crippen LogP contribution in [-0.4, -0.2) is 42.0 Å². The third-order valence-corrected chi connectivity index (χ3v) is 4.98. The van der Waals surface area contributed by atoms with E-state index in [1.54, 1.807) is 32.8 Å². The van der Waals surface area contributed by atoms with Gasteiger partial charge in [-0.2, -0.15) is 0 Å². The molecule has 6 nitrogen and oxygen atoms in total. The number of amides is 1. The maximum Gasteiger partial charge on any atom is 0.254 e. The fraction of sp³-hybridized carbons (Fsp3) is 0.542. The Morgan fingerprint density at radius 3 is 2.28 bits per heavy atom. The Hall–Kier alpha value is -2.45. The van der Waals surface area contributed by atoms with E-state index >= 15 is 0 Å². The second kappa shape index (κ2) is 14.6. The number of nitrogens with zero attached hydrogens (tertiary/aromatic N) is 1. The second-order valence-corrected chi connectivity index (χ2v) is 8.17. The minimum absolute atomic E-state index is 0.0885. The SMILES string of the molecule is C=C(C)/C(=C\NC(=O)/C(C/C(C)=C/CC/C=C(\C)F)=C(\O)C(C)(C)N(C)NCC)NCF. The van der Waals surface area contributed by atoms with E-state index in [9.17, 15) is 18.7 Å². The molecular formula is C24H40F2N4O2. The van der Waals surface area contributed by atoms with E-state index in [-0.39, 0.29) is 23.6 Å². The van der Waals surface area contributed by atoms with Gasteiger partial charge in [0.15, 0.2) is 6.80 Å². The van der Waals surface area contributed by atoms with Crippen molar-refractivity contribution in [2.45, 2.75) is 66.3 Å². The number of hydrogen-bond donors (Lipinski definition) is 4. The first-order valence-corrected chi connectivity index (χ1v) is 10.7. The van der Waals surface area contributed by atoms with Gasteiger partial charge in [-0.3, -0.25) is 10.2 Å². The molecule has 8 heteroatoms. The van der Waals surface area contributed by atoms with Crippen LogP contribution < -0.4 is 16.1 Å². The molecule has 0 radical (unpaired) electrons. The minimum atomic E-state index is -0.880. The highest BCUT2D eigenvalue weighted by atomic mass is 19.1. The van der Waals surface area contributed by atoms with E-state index in [1.165, 1.54) is 19.2 Å². The van der Waals surface area contributed by atoms with Crippen LogP contribution in [0.15, 0.2) is 58.9 Å². The van der Waals surface area contributed by atoms with Crippen molar-refractivity contribution in [3.8, 4) is 0 Å². The summed E-state index contributed by atoms with van der Waals surface area (Å²) >= 11 is 0. The predicted molar refractivity (Wildman–Crippen MR) is 128 cm³/mol. The fourth-order valence-electron chi connectivity index (χ4n) is 2.82. The number of halogens is 2. The number of allylic oxidation sites excluding steroid dienone is 5. The Balaban J connectivity index is 5.99. The van der Waals surface area contributed by atoms with Gasteiger partial charge in [-0.25, -0.2) is 13.8 Å². The molecule has 0 aliphatic heterocycles. The second-order valence-electron chi connectivity index (χ2n) is 8.17. The molecule has 0 spiro atoms. The summed E-state index contributed by atoms with van der Waals surface area (Å²) in [5.41, 5.74) is 4.19. The summed E-state index contributed by atoms with van der Waals surface area (Å²) in [6, 6.07) is 0. The first-order valence-electron chi connectivity index (χ1n) is 10.7. The maximum atomic E-state index is 13.0.